The number of anilines is 1. The molecule has 0 radical (unpaired) electrons. The van der Waals surface area contributed by atoms with Crippen molar-refractivity contribution in [2.24, 2.45) is 11.8 Å². The number of carbonyl (C=O) groups is 4. The molecule has 0 heterocycles. The second-order valence-electron chi connectivity index (χ2n) is 12.7. The van der Waals surface area contributed by atoms with Crippen LogP contribution in [0.25, 0.3) is 10.8 Å². The third-order valence-electron chi connectivity index (χ3n) is 6.46. The summed E-state index contributed by atoms with van der Waals surface area (Å²) in [7, 11) is -1.74. The lowest BCUT2D eigenvalue weighted by atomic mass is 9.75. The highest BCUT2D eigenvalue weighted by Crippen LogP contribution is 2.19. The molecule has 2 rings (SSSR count). The molecule has 0 fully saturated rings. The first kappa shape index (κ1) is 35.6. The van der Waals surface area contributed by atoms with E-state index in [9.17, 15) is 29.2 Å². The maximum atomic E-state index is 13.5. The fourth-order valence-electron chi connectivity index (χ4n) is 4.51. The third kappa shape index (κ3) is 13.0. The smallest absolute Gasteiger partial charge is 0.444 e. The molecule has 0 saturated heterocycles. The standard InChI is InChI=1S/C31H47BN4O7/c1-19(2)16-25(35-30(40)43-31(5,6)7)29(39)34-24(14-15-27(37)36-26(32(41)42)17-20(3)4)28(38)33-23-13-12-21-10-8-9-11-22(21)18-23/h8-13,18-20,24-26,41-42H,14-17H2,1-7H3,(H,33,38)(H,34,39)(H,35,40)(H,36,37)/t24-,25-,26-/m0/s1. The molecule has 4 amide bonds. The second kappa shape index (κ2) is 16.3. The monoisotopic (exact) mass is 598 g/mol. The van der Waals surface area contributed by atoms with Gasteiger partial charge in [0.15, 0.2) is 0 Å². The van der Waals surface area contributed by atoms with Gasteiger partial charge in [0.2, 0.25) is 17.7 Å². The lowest BCUT2D eigenvalue weighted by Gasteiger charge is -2.26. The Morgan fingerprint density at radius 1 is 0.814 bits per heavy atom. The maximum absolute atomic E-state index is 13.5. The average molecular weight is 599 g/mol. The molecule has 0 bridgehead atoms. The predicted molar refractivity (Wildman–Crippen MR) is 168 cm³/mol. The topological polar surface area (TPSA) is 166 Å². The van der Waals surface area contributed by atoms with E-state index in [1.165, 1.54) is 0 Å². The molecular weight excluding hydrogens is 551 g/mol. The summed E-state index contributed by atoms with van der Waals surface area (Å²) >= 11 is 0. The Balaban J connectivity index is 2.24. The Bertz CT molecular complexity index is 1250. The molecule has 0 aromatic heterocycles. The van der Waals surface area contributed by atoms with Crippen LogP contribution in [-0.4, -0.2) is 64.6 Å². The zero-order chi connectivity index (χ0) is 32.3. The quantitative estimate of drug-likeness (QED) is 0.181. The van der Waals surface area contributed by atoms with Crippen molar-refractivity contribution in [3.63, 3.8) is 0 Å². The van der Waals surface area contributed by atoms with Gasteiger partial charge in [-0.3, -0.25) is 14.4 Å². The number of benzene rings is 2. The summed E-state index contributed by atoms with van der Waals surface area (Å²) in [5, 5.41) is 32.0. The number of hydrogen-bond donors (Lipinski definition) is 6. The zero-order valence-electron chi connectivity index (χ0n) is 26.3. The number of nitrogens with one attached hydrogen (secondary N) is 4. The Morgan fingerprint density at radius 3 is 2.02 bits per heavy atom. The van der Waals surface area contributed by atoms with Crippen LogP contribution in [-0.2, 0) is 19.1 Å². The lowest BCUT2D eigenvalue weighted by molar-refractivity contribution is -0.129. The normalized spacial score (nSPS) is 13.7. The third-order valence-corrected chi connectivity index (χ3v) is 6.46. The van der Waals surface area contributed by atoms with Crippen molar-refractivity contribution in [1.82, 2.24) is 16.0 Å². The van der Waals surface area contributed by atoms with Gasteiger partial charge in [-0.25, -0.2) is 4.79 Å². The van der Waals surface area contributed by atoms with E-state index in [0.29, 0.717) is 12.1 Å². The van der Waals surface area contributed by atoms with Gasteiger partial charge in [0.1, 0.15) is 17.7 Å². The SMILES string of the molecule is CC(C)C[C@H](NC(=O)CC[C@H](NC(=O)[C@H](CC(C)C)NC(=O)OC(C)(C)C)C(=O)Nc1ccc2ccccc2c1)B(O)O. The molecule has 236 valence electrons. The van der Waals surface area contributed by atoms with Gasteiger partial charge in [-0.05, 0) is 74.8 Å². The number of rotatable bonds is 14. The van der Waals surface area contributed by atoms with Crippen molar-refractivity contribution in [3.05, 3.63) is 42.5 Å². The Hall–Kier alpha value is -3.64. The van der Waals surface area contributed by atoms with Crippen molar-refractivity contribution in [2.45, 2.75) is 97.8 Å². The van der Waals surface area contributed by atoms with Gasteiger partial charge in [0.05, 0.1) is 5.94 Å². The largest absolute Gasteiger partial charge is 0.475 e. The highest BCUT2D eigenvalue weighted by molar-refractivity contribution is 6.43. The molecule has 6 N–H and O–H groups in total. The first-order chi connectivity index (χ1) is 20.0. The zero-order valence-corrected chi connectivity index (χ0v) is 26.3. The highest BCUT2D eigenvalue weighted by atomic mass is 16.6. The number of carbonyl (C=O) groups excluding carboxylic acids is 4. The van der Waals surface area contributed by atoms with Crippen molar-refractivity contribution in [3.8, 4) is 0 Å². The molecule has 0 aliphatic carbocycles. The number of amides is 4. The maximum Gasteiger partial charge on any atom is 0.475 e. The Morgan fingerprint density at radius 2 is 1.44 bits per heavy atom. The van der Waals surface area contributed by atoms with Gasteiger partial charge in [-0.1, -0.05) is 58.0 Å². The number of hydrogen-bond acceptors (Lipinski definition) is 7. The van der Waals surface area contributed by atoms with Crippen molar-refractivity contribution < 1.29 is 34.0 Å². The van der Waals surface area contributed by atoms with Gasteiger partial charge in [0.25, 0.3) is 0 Å². The summed E-state index contributed by atoms with van der Waals surface area (Å²) in [4.78, 5) is 52.2. The van der Waals surface area contributed by atoms with Crippen LogP contribution in [0.5, 0.6) is 0 Å². The Kier molecular flexibility index (Phi) is 13.5. The fraction of sp³-hybridized carbons (Fsp3) is 0.548. The first-order valence-corrected chi connectivity index (χ1v) is 14.8. The van der Waals surface area contributed by atoms with Gasteiger partial charge >= 0.3 is 13.2 Å². The number of ether oxygens (including phenoxy) is 1. The second-order valence-corrected chi connectivity index (χ2v) is 12.7. The minimum atomic E-state index is -1.74. The van der Waals surface area contributed by atoms with Crippen LogP contribution in [0.15, 0.2) is 42.5 Å². The minimum Gasteiger partial charge on any atom is -0.444 e. The summed E-state index contributed by atoms with van der Waals surface area (Å²) in [6, 6.07) is 11.0. The lowest BCUT2D eigenvalue weighted by Crippen LogP contribution is -2.54. The molecule has 2 aromatic carbocycles. The van der Waals surface area contributed by atoms with Crippen LogP contribution in [0, 0.1) is 11.8 Å². The molecule has 11 nitrogen and oxygen atoms in total. The van der Waals surface area contributed by atoms with Crippen LogP contribution in [0.2, 0.25) is 0 Å². The minimum absolute atomic E-state index is 0.0316. The van der Waals surface area contributed by atoms with E-state index in [2.05, 4.69) is 21.3 Å². The summed E-state index contributed by atoms with van der Waals surface area (Å²) in [5.74, 6) is -2.38. The van der Waals surface area contributed by atoms with Crippen molar-refractivity contribution in [2.75, 3.05) is 5.32 Å². The molecule has 0 unspecified atom stereocenters. The highest BCUT2D eigenvalue weighted by Gasteiger charge is 2.31. The van der Waals surface area contributed by atoms with Crippen LogP contribution < -0.4 is 21.3 Å². The van der Waals surface area contributed by atoms with Crippen LogP contribution in [0.1, 0.15) is 74.1 Å². The van der Waals surface area contributed by atoms with E-state index in [-0.39, 0.29) is 31.1 Å². The predicted octanol–water partition coefficient (Wildman–Crippen LogP) is 3.53. The molecule has 0 aliphatic heterocycles. The molecule has 0 spiro atoms. The van der Waals surface area contributed by atoms with Crippen LogP contribution in [0.3, 0.4) is 0 Å². The summed E-state index contributed by atoms with van der Waals surface area (Å²) in [6.45, 7) is 12.7. The molecule has 2 aromatic rings. The summed E-state index contributed by atoms with van der Waals surface area (Å²) < 4.78 is 5.33. The van der Waals surface area contributed by atoms with E-state index >= 15 is 0 Å². The Labute approximate surface area is 254 Å². The van der Waals surface area contributed by atoms with E-state index in [4.69, 9.17) is 4.74 Å². The number of fused-ring (bicyclic) bond motifs is 1. The van der Waals surface area contributed by atoms with Crippen LogP contribution >= 0.6 is 0 Å². The molecular formula is C31H47BN4O7. The summed E-state index contributed by atoms with van der Waals surface area (Å²) in [6.07, 6.45) is -0.377. The number of alkyl carbamates (subject to hydrolysis) is 1. The van der Waals surface area contributed by atoms with E-state index in [0.717, 1.165) is 10.8 Å². The van der Waals surface area contributed by atoms with Crippen molar-refractivity contribution >= 4 is 47.4 Å². The van der Waals surface area contributed by atoms with Gasteiger partial charge in [0, 0.05) is 12.1 Å². The van der Waals surface area contributed by atoms with E-state index in [1.54, 1.807) is 26.8 Å². The van der Waals surface area contributed by atoms with Crippen LogP contribution in [0.4, 0.5) is 10.5 Å². The average Bonchev–Trinajstić information content (AvgIpc) is 2.88. The molecule has 43 heavy (non-hydrogen) atoms. The molecule has 12 heteroatoms. The van der Waals surface area contributed by atoms with E-state index < -0.39 is 54.6 Å². The van der Waals surface area contributed by atoms with E-state index in [1.807, 2.05) is 64.1 Å². The summed E-state index contributed by atoms with van der Waals surface area (Å²) in [5.41, 5.74) is -0.257. The fourth-order valence-corrected chi connectivity index (χ4v) is 4.51. The first-order valence-electron chi connectivity index (χ1n) is 14.8. The van der Waals surface area contributed by atoms with Gasteiger partial charge in [-0.2, -0.15) is 0 Å². The van der Waals surface area contributed by atoms with Crippen molar-refractivity contribution in [1.29, 1.82) is 0 Å². The molecule has 3 atom stereocenters. The molecule has 0 aliphatic rings. The molecule has 0 saturated carbocycles. The van der Waals surface area contributed by atoms with Gasteiger partial charge < -0.3 is 36.1 Å². The van der Waals surface area contributed by atoms with Gasteiger partial charge in [-0.15, -0.1) is 0 Å².